The van der Waals surface area contributed by atoms with Crippen molar-refractivity contribution in [2.24, 2.45) is 11.8 Å². The van der Waals surface area contributed by atoms with E-state index in [0.717, 1.165) is 31.2 Å². The van der Waals surface area contributed by atoms with Gasteiger partial charge in [0.1, 0.15) is 5.78 Å². The summed E-state index contributed by atoms with van der Waals surface area (Å²) in [6, 6.07) is 1.51. The number of nitrogens with one attached hydrogen (secondary N) is 1. The van der Waals surface area contributed by atoms with Gasteiger partial charge in [-0.15, -0.1) is 0 Å². The summed E-state index contributed by atoms with van der Waals surface area (Å²) < 4.78 is 9.07. The summed E-state index contributed by atoms with van der Waals surface area (Å²) in [4.78, 5) is 24.2. The molecule has 3 N–H and O–H groups in total. The van der Waals surface area contributed by atoms with Gasteiger partial charge < -0.3 is 10.1 Å². The molecule has 0 aromatic carbocycles. The first-order valence-electron chi connectivity index (χ1n) is 10.3. The zero-order valence-corrected chi connectivity index (χ0v) is 17.8. The molecule has 3 rings (SSSR count). The van der Waals surface area contributed by atoms with Crippen LogP contribution in [0, 0.1) is 30.7 Å². The summed E-state index contributed by atoms with van der Waals surface area (Å²) in [6.45, 7) is 5.93. The molecule has 168 valence electrons. The summed E-state index contributed by atoms with van der Waals surface area (Å²) in [5.41, 5.74) is 0.844. The van der Waals surface area contributed by atoms with Gasteiger partial charge in [-0.3, -0.25) is 9.59 Å². The first-order valence-corrected chi connectivity index (χ1v) is 10.3. The summed E-state index contributed by atoms with van der Waals surface area (Å²) in [6.07, 6.45) is 13.8. The van der Waals surface area contributed by atoms with Crippen molar-refractivity contribution in [3.63, 3.8) is 0 Å². The zero-order chi connectivity index (χ0) is 22.1. The van der Waals surface area contributed by atoms with Crippen LogP contribution >= 0.6 is 0 Å². The quantitative estimate of drug-likeness (QED) is 0.436. The molecule has 7 heteroatoms. The van der Waals surface area contributed by atoms with Gasteiger partial charge in [0.15, 0.2) is 5.43 Å². The van der Waals surface area contributed by atoms with E-state index in [1.807, 2.05) is 6.92 Å². The van der Waals surface area contributed by atoms with Gasteiger partial charge in [-0.2, -0.15) is 0 Å². The molecule has 2 saturated carbocycles. The van der Waals surface area contributed by atoms with Crippen LogP contribution in [-0.4, -0.2) is 34.2 Å². The molecule has 6 nitrogen and oxygen atoms in total. The molecule has 1 heterocycles. The Morgan fingerprint density at radius 1 is 1.10 bits per heavy atom. The molecule has 0 saturated heterocycles. The van der Waals surface area contributed by atoms with Gasteiger partial charge in [0.25, 0.3) is 0 Å². The SMILES string of the molecule is C.CC1CCCCC1=O.CC1CCCCC1O.Cc1c[nH]ccc1=O.O=BC#CO. The van der Waals surface area contributed by atoms with Crippen LogP contribution in [0.3, 0.4) is 0 Å². The van der Waals surface area contributed by atoms with Crippen molar-refractivity contribution in [1.82, 2.24) is 4.98 Å². The molecule has 0 amide bonds. The van der Waals surface area contributed by atoms with Crippen molar-refractivity contribution in [3.8, 4) is 11.9 Å². The van der Waals surface area contributed by atoms with Gasteiger partial charge >= 0.3 is 28.9 Å². The molecule has 1 aromatic heterocycles. The number of Topliss-reactive ketones (excluding diaryl/α,β-unsaturated/α-hetero) is 1. The van der Waals surface area contributed by atoms with E-state index in [0.29, 0.717) is 24.8 Å². The van der Waals surface area contributed by atoms with Crippen molar-refractivity contribution < 1.29 is 19.7 Å². The van der Waals surface area contributed by atoms with Crippen LogP contribution in [0.4, 0.5) is 0 Å². The van der Waals surface area contributed by atoms with Crippen LogP contribution in [0.25, 0.3) is 0 Å². The Hall–Kier alpha value is -2.20. The molecule has 0 bridgehead atoms. The van der Waals surface area contributed by atoms with Crippen LogP contribution in [0.2, 0.25) is 0 Å². The van der Waals surface area contributed by atoms with E-state index in [1.165, 1.54) is 37.9 Å². The number of aliphatic hydroxyl groups is 2. The molecular weight excluding hydrogens is 381 g/mol. The van der Waals surface area contributed by atoms with E-state index in [4.69, 9.17) is 9.81 Å². The molecule has 0 aliphatic heterocycles. The third-order valence-electron chi connectivity index (χ3n) is 5.07. The van der Waals surface area contributed by atoms with Crippen molar-refractivity contribution in [2.75, 3.05) is 0 Å². The van der Waals surface area contributed by atoms with Crippen molar-refractivity contribution >= 4 is 12.9 Å². The van der Waals surface area contributed by atoms with Gasteiger partial charge in [-0.25, -0.2) is 0 Å². The predicted octanol–water partition coefficient (Wildman–Crippen LogP) is 3.97. The summed E-state index contributed by atoms with van der Waals surface area (Å²) in [5, 5.41) is 16.7. The second-order valence-electron chi connectivity index (χ2n) is 7.51. The summed E-state index contributed by atoms with van der Waals surface area (Å²) >= 11 is 0. The van der Waals surface area contributed by atoms with Crippen molar-refractivity contribution in [3.05, 3.63) is 34.2 Å². The molecule has 30 heavy (non-hydrogen) atoms. The fraction of sp³-hybridized carbons (Fsp3) is 0.652. The topological polar surface area (TPSA) is 107 Å². The number of rotatable bonds is 0. The third-order valence-corrected chi connectivity index (χ3v) is 5.07. The Labute approximate surface area is 181 Å². The summed E-state index contributed by atoms with van der Waals surface area (Å²) in [5.74, 6) is 3.13. The third kappa shape index (κ3) is 14.8. The summed E-state index contributed by atoms with van der Waals surface area (Å²) in [7, 11) is 0.319. The minimum atomic E-state index is 0. The average molecular weight is 419 g/mol. The van der Waals surface area contributed by atoms with Crippen molar-refractivity contribution in [2.45, 2.75) is 85.7 Å². The first-order chi connectivity index (χ1) is 13.8. The minimum absolute atomic E-state index is 0. The number of hydrogen-bond donors (Lipinski definition) is 3. The Morgan fingerprint density at radius 2 is 1.73 bits per heavy atom. The second kappa shape index (κ2) is 18.8. The number of aliphatic hydroxyl groups excluding tert-OH is 2. The molecule has 0 spiro atoms. The maximum atomic E-state index is 10.8. The monoisotopic (exact) mass is 419 g/mol. The van der Waals surface area contributed by atoms with Gasteiger partial charge in [-0.05, 0) is 38.5 Å². The van der Waals surface area contributed by atoms with Crippen LogP contribution in [0.1, 0.15) is 78.2 Å². The van der Waals surface area contributed by atoms with Crippen LogP contribution in [-0.2, 0) is 9.50 Å². The van der Waals surface area contributed by atoms with Gasteiger partial charge in [0.05, 0.1) is 6.10 Å². The zero-order valence-electron chi connectivity index (χ0n) is 17.8. The molecule has 3 unspecified atom stereocenters. The fourth-order valence-corrected chi connectivity index (χ4v) is 2.98. The predicted molar refractivity (Wildman–Crippen MR) is 121 cm³/mol. The molecule has 3 atom stereocenters. The number of aromatic nitrogens is 1. The number of carbonyl (C=O) groups excluding carboxylic acids is 1. The van der Waals surface area contributed by atoms with Gasteiger partial charge in [0, 0.05) is 36.4 Å². The van der Waals surface area contributed by atoms with Crippen LogP contribution in [0.15, 0.2) is 23.3 Å². The van der Waals surface area contributed by atoms with Gasteiger partial charge in [-0.1, -0.05) is 40.5 Å². The van der Waals surface area contributed by atoms with Crippen molar-refractivity contribution in [1.29, 1.82) is 0 Å². The Bertz CT molecular complexity index is 697. The Balaban J connectivity index is 0. The standard InChI is InChI=1S/C7H14O.C7H12O.C6H7NO.C2HBO2.CH4/c2*1-6-4-2-3-5-7(6)8;1-5-4-7-3-2-6(5)8;4-2-1-3-5;/h6-8H,2-5H2,1H3;6H,2-5H2,1H3;2-4H,1H3,(H,7,8);4H;1H4. The van der Waals surface area contributed by atoms with Gasteiger partial charge in [0.2, 0.25) is 0 Å². The number of H-pyrrole nitrogens is 1. The second-order valence-corrected chi connectivity index (χ2v) is 7.51. The maximum absolute atomic E-state index is 10.8. The molecule has 2 aliphatic rings. The normalized spacial score (nSPS) is 21.7. The molecule has 2 aliphatic carbocycles. The Morgan fingerprint density at radius 3 is 2.03 bits per heavy atom. The molecule has 2 fully saturated rings. The van der Waals surface area contributed by atoms with Crippen LogP contribution in [0.5, 0.6) is 0 Å². The number of ketones is 1. The molecule has 1 aromatic rings. The number of pyridine rings is 1. The number of carbonyl (C=O) groups is 1. The van der Waals surface area contributed by atoms with E-state index in [1.54, 1.807) is 25.1 Å². The first kappa shape index (κ1) is 30.0. The van der Waals surface area contributed by atoms with E-state index >= 15 is 0 Å². The van der Waals surface area contributed by atoms with E-state index in [2.05, 4.69) is 11.9 Å². The average Bonchev–Trinajstić information content (AvgIpc) is 2.71. The number of aryl methyl sites for hydroxylation is 1. The van der Waals surface area contributed by atoms with E-state index < -0.39 is 0 Å². The van der Waals surface area contributed by atoms with E-state index in [9.17, 15) is 14.7 Å². The van der Waals surface area contributed by atoms with E-state index in [-0.39, 0.29) is 19.0 Å². The Kier molecular flexibility index (Phi) is 18.8. The number of hydrogen-bond acceptors (Lipinski definition) is 5. The fourth-order valence-electron chi connectivity index (χ4n) is 2.98. The molecular formula is C23H38BNO5. The molecule has 0 radical (unpaired) electrons. The van der Waals surface area contributed by atoms with Crippen LogP contribution < -0.4 is 5.43 Å². The number of aromatic amines is 1.